The molecule has 0 aliphatic carbocycles. The quantitative estimate of drug-likeness (QED) is 0.853. The molecule has 0 bridgehead atoms. The molecule has 7 heteroatoms. The number of methoxy groups -OCH3 is 1. The highest BCUT2D eigenvalue weighted by molar-refractivity contribution is 7.11. The van der Waals surface area contributed by atoms with Crippen molar-refractivity contribution < 1.29 is 14.3 Å². The van der Waals surface area contributed by atoms with E-state index in [1.54, 1.807) is 16.2 Å². The number of piperidine rings is 1. The first-order valence-electron chi connectivity index (χ1n) is 8.04. The summed E-state index contributed by atoms with van der Waals surface area (Å²) in [5.41, 5.74) is 0.993. The number of amides is 2. The van der Waals surface area contributed by atoms with Crippen LogP contribution >= 0.6 is 11.3 Å². The Morgan fingerprint density at radius 1 is 1.48 bits per heavy atom. The highest BCUT2D eigenvalue weighted by Crippen LogP contribution is 2.20. The lowest BCUT2D eigenvalue weighted by molar-refractivity contribution is -0.139. The standard InChI is InChI=1S/C16H25N3O3S/c1-4-14-18-11(2)13(23-14)8-17-16(21)12-6-5-7-19(9-12)15(20)10-22-3/h12H,4-10H2,1-3H3,(H,17,21). The van der Waals surface area contributed by atoms with Crippen LogP contribution < -0.4 is 5.32 Å². The first-order chi connectivity index (χ1) is 11.0. The van der Waals surface area contributed by atoms with Crippen LogP contribution in [0, 0.1) is 12.8 Å². The maximum absolute atomic E-state index is 12.4. The summed E-state index contributed by atoms with van der Waals surface area (Å²) >= 11 is 1.65. The predicted molar refractivity (Wildman–Crippen MR) is 89.3 cm³/mol. The number of ether oxygens (including phenoxy) is 1. The lowest BCUT2D eigenvalue weighted by Crippen LogP contribution is -2.46. The van der Waals surface area contributed by atoms with E-state index < -0.39 is 0 Å². The maximum Gasteiger partial charge on any atom is 0.248 e. The monoisotopic (exact) mass is 339 g/mol. The van der Waals surface area contributed by atoms with Crippen molar-refractivity contribution in [3.8, 4) is 0 Å². The fourth-order valence-electron chi connectivity index (χ4n) is 2.75. The summed E-state index contributed by atoms with van der Waals surface area (Å²) in [5, 5.41) is 4.10. The molecule has 0 aromatic carbocycles. The average Bonchev–Trinajstić information content (AvgIpc) is 2.93. The Hall–Kier alpha value is -1.47. The maximum atomic E-state index is 12.4. The summed E-state index contributed by atoms with van der Waals surface area (Å²) in [6.45, 7) is 5.84. The second kappa shape index (κ2) is 8.40. The van der Waals surface area contributed by atoms with E-state index >= 15 is 0 Å². The molecule has 1 fully saturated rings. The van der Waals surface area contributed by atoms with Crippen LogP contribution in [-0.4, -0.2) is 48.5 Å². The van der Waals surface area contributed by atoms with Gasteiger partial charge in [0.05, 0.1) is 23.2 Å². The van der Waals surface area contributed by atoms with Crippen molar-refractivity contribution >= 4 is 23.2 Å². The topological polar surface area (TPSA) is 71.5 Å². The van der Waals surface area contributed by atoms with E-state index in [1.165, 1.54) is 7.11 Å². The molecule has 1 aromatic rings. The molecule has 1 unspecified atom stereocenters. The summed E-state index contributed by atoms with van der Waals surface area (Å²) < 4.78 is 4.89. The average molecular weight is 339 g/mol. The number of aromatic nitrogens is 1. The molecule has 1 aromatic heterocycles. The third-order valence-electron chi connectivity index (χ3n) is 4.08. The van der Waals surface area contributed by atoms with Crippen LogP contribution in [0.15, 0.2) is 0 Å². The summed E-state index contributed by atoms with van der Waals surface area (Å²) in [6.07, 6.45) is 2.59. The number of carbonyl (C=O) groups is 2. The summed E-state index contributed by atoms with van der Waals surface area (Å²) in [6, 6.07) is 0. The molecule has 23 heavy (non-hydrogen) atoms. The van der Waals surface area contributed by atoms with Gasteiger partial charge in [-0.1, -0.05) is 6.92 Å². The zero-order chi connectivity index (χ0) is 16.8. The van der Waals surface area contributed by atoms with Crippen molar-refractivity contribution in [3.05, 3.63) is 15.6 Å². The number of thiazole rings is 1. The molecule has 1 saturated heterocycles. The minimum Gasteiger partial charge on any atom is -0.375 e. The van der Waals surface area contributed by atoms with E-state index in [9.17, 15) is 9.59 Å². The molecular weight excluding hydrogens is 314 g/mol. The Morgan fingerprint density at radius 3 is 2.91 bits per heavy atom. The van der Waals surface area contributed by atoms with Gasteiger partial charge in [-0.2, -0.15) is 0 Å². The van der Waals surface area contributed by atoms with Gasteiger partial charge in [0, 0.05) is 25.1 Å². The molecule has 1 atom stereocenters. The molecule has 2 rings (SSSR count). The summed E-state index contributed by atoms with van der Waals surface area (Å²) in [5.74, 6) is -0.162. The molecule has 2 amide bonds. The SMILES string of the molecule is CCc1nc(C)c(CNC(=O)C2CCCN(C(=O)COC)C2)s1. The number of aryl methyl sites for hydroxylation is 2. The van der Waals surface area contributed by atoms with Crippen LogP contribution in [0.4, 0.5) is 0 Å². The van der Waals surface area contributed by atoms with Crippen LogP contribution in [-0.2, 0) is 27.3 Å². The molecule has 0 saturated carbocycles. The van der Waals surface area contributed by atoms with Gasteiger partial charge < -0.3 is 15.0 Å². The molecule has 128 valence electrons. The van der Waals surface area contributed by atoms with Gasteiger partial charge in [-0.3, -0.25) is 9.59 Å². The van der Waals surface area contributed by atoms with Gasteiger partial charge in [0.25, 0.3) is 0 Å². The van der Waals surface area contributed by atoms with Crippen LogP contribution in [0.1, 0.15) is 35.3 Å². The smallest absolute Gasteiger partial charge is 0.248 e. The van der Waals surface area contributed by atoms with Gasteiger partial charge in [0.15, 0.2) is 0 Å². The van der Waals surface area contributed by atoms with E-state index in [-0.39, 0.29) is 24.3 Å². The minimum absolute atomic E-state index is 0.0192. The zero-order valence-electron chi connectivity index (χ0n) is 14.1. The van der Waals surface area contributed by atoms with Gasteiger partial charge in [0.2, 0.25) is 11.8 Å². The first-order valence-corrected chi connectivity index (χ1v) is 8.86. The highest BCUT2D eigenvalue weighted by atomic mass is 32.1. The Balaban J connectivity index is 1.87. The van der Waals surface area contributed by atoms with Crippen LogP contribution in [0.5, 0.6) is 0 Å². The Morgan fingerprint density at radius 2 is 2.26 bits per heavy atom. The van der Waals surface area contributed by atoms with Crippen LogP contribution in [0.25, 0.3) is 0 Å². The second-order valence-electron chi connectivity index (χ2n) is 5.80. The van der Waals surface area contributed by atoms with Crippen molar-refractivity contribution in [1.29, 1.82) is 0 Å². The first kappa shape index (κ1) is 17.9. The van der Waals surface area contributed by atoms with Crippen molar-refractivity contribution in [1.82, 2.24) is 15.2 Å². The largest absolute Gasteiger partial charge is 0.375 e. The number of hydrogen-bond acceptors (Lipinski definition) is 5. The third kappa shape index (κ3) is 4.75. The number of nitrogens with one attached hydrogen (secondary N) is 1. The Bertz CT molecular complexity index is 559. The molecule has 0 spiro atoms. The van der Waals surface area contributed by atoms with Crippen molar-refractivity contribution in [2.45, 2.75) is 39.7 Å². The fourth-order valence-corrected chi connectivity index (χ4v) is 3.70. The van der Waals surface area contributed by atoms with Gasteiger partial charge in [-0.25, -0.2) is 4.98 Å². The Labute approximate surface area is 141 Å². The predicted octanol–water partition coefficient (Wildman–Crippen LogP) is 1.52. The summed E-state index contributed by atoms with van der Waals surface area (Å²) in [7, 11) is 1.51. The van der Waals surface area contributed by atoms with Crippen LogP contribution in [0.2, 0.25) is 0 Å². The highest BCUT2D eigenvalue weighted by Gasteiger charge is 2.28. The number of nitrogens with zero attached hydrogens (tertiary/aromatic N) is 2. The number of hydrogen-bond donors (Lipinski definition) is 1. The van der Waals surface area contributed by atoms with Crippen molar-refractivity contribution in [2.24, 2.45) is 5.92 Å². The summed E-state index contributed by atoms with van der Waals surface area (Å²) in [4.78, 5) is 31.6. The van der Waals surface area contributed by atoms with E-state index in [2.05, 4.69) is 17.2 Å². The minimum atomic E-state index is -0.136. The fraction of sp³-hybridized carbons (Fsp3) is 0.688. The zero-order valence-corrected chi connectivity index (χ0v) is 14.9. The van der Waals surface area contributed by atoms with Gasteiger partial charge in [0.1, 0.15) is 6.61 Å². The van der Waals surface area contributed by atoms with Crippen LogP contribution in [0.3, 0.4) is 0 Å². The van der Waals surface area contributed by atoms with E-state index in [0.717, 1.165) is 34.8 Å². The number of likely N-dealkylation sites (tertiary alicyclic amines) is 1. The molecule has 1 aliphatic heterocycles. The van der Waals surface area contributed by atoms with Crippen molar-refractivity contribution in [2.75, 3.05) is 26.8 Å². The number of rotatable bonds is 6. The molecule has 0 radical (unpaired) electrons. The number of carbonyl (C=O) groups excluding carboxylic acids is 2. The molecule has 1 N–H and O–H groups in total. The second-order valence-corrected chi connectivity index (χ2v) is 6.97. The third-order valence-corrected chi connectivity index (χ3v) is 5.38. The lowest BCUT2D eigenvalue weighted by Gasteiger charge is -2.31. The van der Waals surface area contributed by atoms with E-state index in [0.29, 0.717) is 19.6 Å². The molecular formula is C16H25N3O3S. The van der Waals surface area contributed by atoms with E-state index in [4.69, 9.17) is 4.74 Å². The van der Waals surface area contributed by atoms with Gasteiger partial charge in [-0.05, 0) is 26.2 Å². The lowest BCUT2D eigenvalue weighted by atomic mass is 9.97. The van der Waals surface area contributed by atoms with Gasteiger partial charge >= 0.3 is 0 Å². The molecule has 2 heterocycles. The van der Waals surface area contributed by atoms with E-state index in [1.807, 2.05) is 6.92 Å². The van der Waals surface area contributed by atoms with Gasteiger partial charge in [-0.15, -0.1) is 11.3 Å². The normalized spacial score (nSPS) is 18.0. The molecule has 6 nitrogen and oxygen atoms in total. The van der Waals surface area contributed by atoms with Crippen molar-refractivity contribution in [3.63, 3.8) is 0 Å². The Kier molecular flexibility index (Phi) is 6.53. The molecule has 1 aliphatic rings.